The quantitative estimate of drug-likeness (QED) is 0.805. The van der Waals surface area contributed by atoms with Crippen molar-refractivity contribution in [1.29, 1.82) is 0 Å². The molecule has 1 heterocycles. The van der Waals surface area contributed by atoms with Gasteiger partial charge in [0.1, 0.15) is 5.82 Å². The Morgan fingerprint density at radius 2 is 2.06 bits per heavy atom. The molecule has 1 aromatic carbocycles. The first-order valence-corrected chi connectivity index (χ1v) is 6.07. The highest BCUT2D eigenvalue weighted by Crippen LogP contribution is 2.35. The first-order valence-electron chi connectivity index (χ1n) is 5.69. The van der Waals surface area contributed by atoms with Gasteiger partial charge in [-0.3, -0.25) is 9.78 Å². The van der Waals surface area contributed by atoms with Gasteiger partial charge in [0.2, 0.25) is 5.28 Å². The minimum atomic E-state index is -0.270. The second kappa shape index (κ2) is 4.21. The Balaban J connectivity index is 2.10. The van der Waals surface area contributed by atoms with Crippen molar-refractivity contribution in [1.82, 2.24) is 9.97 Å². The van der Waals surface area contributed by atoms with Crippen LogP contribution in [0, 0.1) is 5.82 Å². The summed E-state index contributed by atoms with van der Waals surface area (Å²) in [7, 11) is 0. The first kappa shape index (κ1) is 11.4. The second-order valence-corrected chi connectivity index (χ2v) is 4.72. The van der Waals surface area contributed by atoms with Crippen LogP contribution in [0.2, 0.25) is 5.28 Å². The molecule has 3 nitrogen and oxygen atoms in total. The van der Waals surface area contributed by atoms with E-state index in [0.29, 0.717) is 12.0 Å². The van der Waals surface area contributed by atoms with Crippen LogP contribution in [0.25, 0.3) is 0 Å². The van der Waals surface area contributed by atoms with Crippen molar-refractivity contribution in [2.75, 3.05) is 0 Å². The van der Waals surface area contributed by atoms with Gasteiger partial charge in [0.05, 0.1) is 5.69 Å². The lowest BCUT2D eigenvalue weighted by molar-refractivity contribution is 0.625. The van der Waals surface area contributed by atoms with Gasteiger partial charge >= 0.3 is 0 Å². The maximum Gasteiger partial charge on any atom is 0.255 e. The molecule has 0 radical (unpaired) electrons. The van der Waals surface area contributed by atoms with E-state index < -0.39 is 0 Å². The van der Waals surface area contributed by atoms with Crippen LogP contribution in [0.4, 0.5) is 4.39 Å². The summed E-state index contributed by atoms with van der Waals surface area (Å²) in [5, 5.41) is 0.104. The summed E-state index contributed by atoms with van der Waals surface area (Å²) in [5.74, 6) is -0.241. The van der Waals surface area contributed by atoms with Crippen LogP contribution in [-0.4, -0.2) is 9.97 Å². The summed E-state index contributed by atoms with van der Waals surface area (Å²) < 4.78 is 12.9. The number of nitrogens with zero attached hydrogens (tertiary/aromatic N) is 1. The smallest absolute Gasteiger partial charge is 0.255 e. The number of H-pyrrole nitrogens is 1. The lowest BCUT2D eigenvalue weighted by atomic mass is 9.97. The van der Waals surface area contributed by atoms with Gasteiger partial charge in [-0.05, 0) is 42.1 Å². The van der Waals surface area contributed by atoms with E-state index in [1.807, 2.05) is 0 Å². The minimum absolute atomic E-state index is 0.0281. The van der Waals surface area contributed by atoms with Crippen LogP contribution in [0.3, 0.4) is 0 Å². The van der Waals surface area contributed by atoms with Gasteiger partial charge in [-0.25, -0.2) is 9.37 Å². The molecule has 3 rings (SSSR count). The molecule has 2 aromatic rings. The SMILES string of the molecule is O=c1[nH]c(Cl)nc2c1CCC2c1ccc(F)cc1. The molecule has 5 heteroatoms. The molecule has 1 aromatic heterocycles. The van der Waals surface area contributed by atoms with E-state index in [-0.39, 0.29) is 22.6 Å². The topological polar surface area (TPSA) is 45.8 Å². The highest BCUT2D eigenvalue weighted by molar-refractivity contribution is 6.28. The van der Waals surface area contributed by atoms with Crippen molar-refractivity contribution in [3.8, 4) is 0 Å². The third-order valence-electron chi connectivity index (χ3n) is 3.30. The molecular weight excluding hydrogens is 255 g/mol. The summed E-state index contributed by atoms with van der Waals surface area (Å²) in [5.41, 5.74) is 2.20. The molecule has 0 fully saturated rings. The average Bonchev–Trinajstić information content (AvgIpc) is 2.74. The van der Waals surface area contributed by atoms with Crippen molar-refractivity contribution in [2.24, 2.45) is 0 Å². The zero-order chi connectivity index (χ0) is 12.7. The Kier molecular flexibility index (Phi) is 2.67. The molecule has 0 bridgehead atoms. The van der Waals surface area contributed by atoms with Gasteiger partial charge in [0, 0.05) is 11.5 Å². The normalized spacial score (nSPS) is 17.8. The number of aromatic amines is 1. The fourth-order valence-electron chi connectivity index (χ4n) is 2.46. The van der Waals surface area contributed by atoms with E-state index in [4.69, 9.17) is 11.6 Å². The van der Waals surface area contributed by atoms with E-state index in [2.05, 4.69) is 9.97 Å². The maximum atomic E-state index is 12.9. The van der Waals surface area contributed by atoms with Crippen LogP contribution in [0.5, 0.6) is 0 Å². The summed E-state index contributed by atoms with van der Waals surface area (Å²) in [6.45, 7) is 0. The monoisotopic (exact) mass is 264 g/mol. The second-order valence-electron chi connectivity index (χ2n) is 4.36. The Morgan fingerprint density at radius 3 is 2.78 bits per heavy atom. The lowest BCUT2D eigenvalue weighted by Crippen LogP contribution is -2.14. The number of fused-ring (bicyclic) bond motifs is 1. The Hall–Kier alpha value is -1.68. The van der Waals surface area contributed by atoms with Gasteiger partial charge in [0.15, 0.2) is 0 Å². The molecule has 1 aliphatic carbocycles. The highest BCUT2D eigenvalue weighted by Gasteiger charge is 2.28. The van der Waals surface area contributed by atoms with E-state index in [1.54, 1.807) is 12.1 Å². The summed E-state index contributed by atoms with van der Waals surface area (Å²) in [6.07, 6.45) is 1.48. The van der Waals surface area contributed by atoms with Gasteiger partial charge in [-0.1, -0.05) is 12.1 Å². The molecule has 92 valence electrons. The predicted octanol–water partition coefficient (Wildman–Crippen LogP) is 2.64. The van der Waals surface area contributed by atoms with E-state index >= 15 is 0 Å². The van der Waals surface area contributed by atoms with Gasteiger partial charge in [-0.2, -0.15) is 0 Å². The Labute approximate surface area is 108 Å². The number of aromatic nitrogens is 2. The predicted molar refractivity (Wildman–Crippen MR) is 66.4 cm³/mol. The van der Waals surface area contributed by atoms with Crippen LogP contribution >= 0.6 is 11.6 Å². The molecular formula is C13H10ClFN2O. The largest absolute Gasteiger partial charge is 0.297 e. The third-order valence-corrected chi connectivity index (χ3v) is 3.48. The van der Waals surface area contributed by atoms with Crippen LogP contribution in [0.15, 0.2) is 29.1 Å². The number of rotatable bonds is 1. The van der Waals surface area contributed by atoms with Crippen molar-refractivity contribution >= 4 is 11.6 Å². The molecule has 0 saturated carbocycles. The standard InChI is InChI=1S/C13H10ClFN2O/c14-13-16-11-9(5-6-10(11)12(18)17-13)7-1-3-8(15)4-2-7/h1-4,9H,5-6H2,(H,16,17,18). The number of benzene rings is 1. The minimum Gasteiger partial charge on any atom is -0.297 e. The zero-order valence-electron chi connectivity index (χ0n) is 9.41. The number of nitrogens with one attached hydrogen (secondary N) is 1. The molecule has 1 unspecified atom stereocenters. The van der Waals surface area contributed by atoms with E-state index in [0.717, 1.165) is 17.7 Å². The third kappa shape index (κ3) is 1.82. The molecule has 0 amide bonds. The van der Waals surface area contributed by atoms with Crippen molar-refractivity contribution in [3.63, 3.8) is 0 Å². The molecule has 0 spiro atoms. The fraction of sp³-hybridized carbons (Fsp3) is 0.231. The van der Waals surface area contributed by atoms with Gasteiger partial charge in [-0.15, -0.1) is 0 Å². The number of hydrogen-bond acceptors (Lipinski definition) is 2. The zero-order valence-corrected chi connectivity index (χ0v) is 10.2. The van der Waals surface area contributed by atoms with E-state index in [9.17, 15) is 9.18 Å². The number of halogens is 2. The highest BCUT2D eigenvalue weighted by atomic mass is 35.5. The summed E-state index contributed by atoms with van der Waals surface area (Å²) >= 11 is 5.78. The molecule has 18 heavy (non-hydrogen) atoms. The van der Waals surface area contributed by atoms with Crippen LogP contribution in [0.1, 0.15) is 29.2 Å². The van der Waals surface area contributed by atoms with Crippen molar-refractivity contribution < 1.29 is 4.39 Å². The Bertz CT molecular complexity index is 651. The fourth-order valence-corrected chi connectivity index (χ4v) is 2.64. The molecule has 1 atom stereocenters. The first-order chi connectivity index (χ1) is 8.65. The maximum absolute atomic E-state index is 12.9. The van der Waals surface area contributed by atoms with Crippen LogP contribution in [-0.2, 0) is 6.42 Å². The molecule has 0 saturated heterocycles. The van der Waals surface area contributed by atoms with Crippen molar-refractivity contribution in [3.05, 3.63) is 62.5 Å². The van der Waals surface area contributed by atoms with Gasteiger partial charge in [0.25, 0.3) is 5.56 Å². The number of hydrogen-bond donors (Lipinski definition) is 1. The molecule has 1 N–H and O–H groups in total. The van der Waals surface area contributed by atoms with Crippen LogP contribution < -0.4 is 5.56 Å². The average molecular weight is 265 g/mol. The summed E-state index contributed by atoms with van der Waals surface area (Å²) in [4.78, 5) is 18.4. The lowest BCUT2D eigenvalue weighted by Gasteiger charge is -2.10. The molecule has 1 aliphatic rings. The van der Waals surface area contributed by atoms with E-state index in [1.165, 1.54) is 12.1 Å². The Morgan fingerprint density at radius 1 is 1.33 bits per heavy atom. The molecule has 0 aliphatic heterocycles. The summed E-state index contributed by atoms with van der Waals surface area (Å²) in [6, 6.07) is 6.29. The van der Waals surface area contributed by atoms with Crippen molar-refractivity contribution in [2.45, 2.75) is 18.8 Å². The van der Waals surface area contributed by atoms with Gasteiger partial charge < -0.3 is 0 Å².